The zero-order chi connectivity index (χ0) is 15.1. The van der Waals surface area contributed by atoms with Crippen molar-refractivity contribution in [3.8, 4) is 0 Å². The van der Waals surface area contributed by atoms with Gasteiger partial charge in [-0.2, -0.15) is 0 Å². The molecule has 21 heavy (non-hydrogen) atoms. The summed E-state index contributed by atoms with van der Waals surface area (Å²) < 4.78 is 5.30. The Labute approximate surface area is 126 Å². The Hall–Kier alpha value is -1.55. The number of aliphatic hydroxyl groups is 1. The van der Waals surface area contributed by atoms with Crippen LogP contribution in [0.15, 0.2) is 30.3 Å². The Morgan fingerprint density at radius 2 is 2.14 bits per heavy atom. The number of likely N-dealkylation sites (tertiary alicyclic amines) is 1. The molecule has 0 aromatic heterocycles. The van der Waals surface area contributed by atoms with Crippen LogP contribution in [0.3, 0.4) is 0 Å². The van der Waals surface area contributed by atoms with E-state index in [0.717, 1.165) is 31.2 Å². The molecule has 116 valence electrons. The first kappa shape index (κ1) is 15.8. The van der Waals surface area contributed by atoms with Gasteiger partial charge in [-0.1, -0.05) is 43.7 Å². The molecule has 4 heteroatoms. The summed E-state index contributed by atoms with van der Waals surface area (Å²) in [6, 6.07) is 9.98. The molecular formula is C17H25NO3. The summed E-state index contributed by atoms with van der Waals surface area (Å²) in [7, 11) is 0. The smallest absolute Gasteiger partial charge is 0.409 e. The summed E-state index contributed by atoms with van der Waals surface area (Å²) in [6.45, 7) is 3.83. The number of benzene rings is 1. The second-order valence-corrected chi connectivity index (χ2v) is 5.80. The number of hydrogen-bond acceptors (Lipinski definition) is 3. The van der Waals surface area contributed by atoms with E-state index in [1.165, 1.54) is 0 Å². The molecule has 1 heterocycles. The molecule has 1 fully saturated rings. The molecule has 1 aromatic carbocycles. The number of ether oxygens (including phenoxy) is 1. The fraction of sp³-hybridized carbons (Fsp3) is 0.588. The maximum Gasteiger partial charge on any atom is 0.409 e. The molecule has 1 aliphatic heterocycles. The summed E-state index contributed by atoms with van der Waals surface area (Å²) in [4.78, 5) is 13.9. The first-order chi connectivity index (χ1) is 10.2. The lowest BCUT2D eigenvalue weighted by atomic mass is 9.75. The van der Waals surface area contributed by atoms with Crippen molar-refractivity contribution in [1.82, 2.24) is 4.90 Å². The summed E-state index contributed by atoms with van der Waals surface area (Å²) >= 11 is 0. The van der Waals surface area contributed by atoms with Gasteiger partial charge in [-0.25, -0.2) is 4.79 Å². The van der Waals surface area contributed by atoms with Gasteiger partial charge in [-0.3, -0.25) is 0 Å². The maximum atomic E-state index is 12.1. The van der Waals surface area contributed by atoms with Crippen molar-refractivity contribution in [2.45, 2.75) is 38.0 Å². The number of nitrogens with zero attached hydrogens (tertiary/aromatic N) is 1. The van der Waals surface area contributed by atoms with Crippen molar-refractivity contribution in [2.75, 3.05) is 26.3 Å². The van der Waals surface area contributed by atoms with Crippen molar-refractivity contribution in [3.05, 3.63) is 35.9 Å². The van der Waals surface area contributed by atoms with Gasteiger partial charge in [-0.05, 0) is 24.8 Å². The van der Waals surface area contributed by atoms with Gasteiger partial charge in [0.05, 0.1) is 13.2 Å². The molecule has 1 aliphatic rings. The van der Waals surface area contributed by atoms with Crippen molar-refractivity contribution in [3.63, 3.8) is 0 Å². The highest BCUT2D eigenvalue weighted by Crippen LogP contribution is 2.33. The zero-order valence-corrected chi connectivity index (χ0v) is 12.8. The van der Waals surface area contributed by atoms with Crippen LogP contribution in [0, 0.1) is 0 Å². The topological polar surface area (TPSA) is 49.8 Å². The minimum Gasteiger partial charge on any atom is -0.449 e. The van der Waals surface area contributed by atoms with Crippen LogP contribution >= 0.6 is 0 Å². The maximum absolute atomic E-state index is 12.1. The fourth-order valence-electron chi connectivity index (χ4n) is 2.93. The lowest BCUT2D eigenvalue weighted by Crippen LogP contribution is -2.50. The largest absolute Gasteiger partial charge is 0.449 e. The predicted molar refractivity (Wildman–Crippen MR) is 82.3 cm³/mol. The van der Waals surface area contributed by atoms with Crippen LogP contribution in [0.2, 0.25) is 0 Å². The highest BCUT2D eigenvalue weighted by Gasteiger charge is 2.38. The third-order valence-electron chi connectivity index (χ3n) is 4.25. The van der Waals surface area contributed by atoms with E-state index in [2.05, 4.69) is 6.92 Å². The summed E-state index contributed by atoms with van der Waals surface area (Å²) in [5.41, 5.74) is 0.738. The number of aliphatic hydroxyl groups excluding tert-OH is 1. The van der Waals surface area contributed by atoms with Crippen molar-refractivity contribution in [2.24, 2.45) is 0 Å². The van der Waals surface area contributed by atoms with E-state index in [4.69, 9.17) is 4.74 Å². The van der Waals surface area contributed by atoms with E-state index in [-0.39, 0.29) is 18.1 Å². The molecule has 0 bridgehead atoms. The molecule has 1 atom stereocenters. The zero-order valence-electron chi connectivity index (χ0n) is 12.8. The molecule has 0 radical (unpaired) electrons. The number of piperidine rings is 1. The minimum atomic E-state index is -0.358. The molecular weight excluding hydrogens is 266 g/mol. The Morgan fingerprint density at radius 1 is 1.38 bits per heavy atom. The van der Waals surface area contributed by atoms with Crippen molar-refractivity contribution >= 4 is 6.09 Å². The van der Waals surface area contributed by atoms with Crippen LogP contribution in [-0.2, 0) is 10.2 Å². The molecule has 1 aromatic rings. The lowest BCUT2D eigenvalue weighted by molar-refractivity contribution is 0.0588. The van der Waals surface area contributed by atoms with Crippen LogP contribution in [0.1, 0.15) is 38.2 Å². The highest BCUT2D eigenvalue weighted by atomic mass is 16.6. The predicted octanol–water partition coefficient (Wildman–Crippen LogP) is 2.95. The van der Waals surface area contributed by atoms with Gasteiger partial charge in [0.25, 0.3) is 0 Å². The number of rotatable bonds is 5. The summed E-state index contributed by atoms with van der Waals surface area (Å²) in [5.74, 6) is 0. The second kappa shape index (κ2) is 7.46. The molecule has 1 saturated heterocycles. The van der Waals surface area contributed by atoms with E-state index in [1.807, 2.05) is 30.3 Å². The number of unbranched alkanes of at least 4 members (excludes halogenated alkanes) is 1. The van der Waals surface area contributed by atoms with E-state index in [9.17, 15) is 9.90 Å². The third kappa shape index (κ3) is 3.76. The number of carbonyl (C=O) groups excluding carboxylic acids is 1. The summed E-state index contributed by atoms with van der Waals surface area (Å²) in [5, 5.41) is 9.93. The minimum absolute atomic E-state index is 0.0513. The Morgan fingerprint density at radius 3 is 2.81 bits per heavy atom. The summed E-state index contributed by atoms with van der Waals surface area (Å²) in [6.07, 6.45) is 3.43. The molecule has 0 aliphatic carbocycles. The second-order valence-electron chi connectivity index (χ2n) is 5.80. The average molecular weight is 291 g/mol. The number of hydrogen-bond donors (Lipinski definition) is 1. The molecule has 0 spiro atoms. The first-order valence-electron chi connectivity index (χ1n) is 7.80. The number of amides is 1. The van der Waals surface area contributed by atoms with Crippen LogP contribution in [0.4, 0.5) is 4.79 Å². The van der Waals surface area contributed by atoms with Crippen LogP contribution < -0.4 is 0 Å². The van der Waals surface area contributed by atoms with Gasteiger partial charge in [0.2, 0.25) is 0 Å². The molecule has 2 rings (SSSR count). The van der Waals surface area contributed by atoms with Crippen molar-refractivity contribution in [1.29, 1.82) is 0 Å². The molecule has 1 unspecified atom stereocenters. The fourth-order valence-corrected chi connectivity index (χ4v) is 2.93. The van der Waals surface area contributed by atoms with Crippen LogP contribution in [-0.4, -0.2) is 42.4 Å². The Balaban J connectivity index is 2.06. The van der Waals surface area contributed by atoms with E-state index in [0.29, 0.717) is 19.7 Å². The third-order valence-corrected chi connectivity index (χ3v) is 4.25. The van der Waals surface area contributed by atoms with E-state index in [1.54, 1.807) is 4.90 Å². The van der Waals surface area contributed by atoms with Gasteiger partial charge in [0, 0.05) is 18.5 Å². The van der Waals surface area contributed by atoms with Gasteiger partial charge in [0.15, 0.2) is 0 Å². The average Bonchev–Trinajstić information content (AvgIpc) is 2.56. The van der Waals surface area contributed by atoms with Gasteiger partial charge >= 0.3 is 6.09 Å². The molecule has 1 amide bonds. The lowest BCUT2D eigenvalue weighted by Gasteiger charge is -2.41. The highest BCUT2D eigenvalue weighted by molar-refractivity contribution is 5.68. The Kier molecular flexibility index (Phi) is 5.62. The van der Waals surface area contributed by atoms with E-state index >= 15 is 0 Å². The molecule has 4 nitrogen and oxygen atoms in total. The monoisotopic (exact) mass is 291 g/mol. The Bertz CT molecular complexity index is 449. The first-order valence-corrected chi connectivity index (χ1v) is 7.80. The quantitative estimate of drug-likeness (QED) is 0.849. The molecule has 1 N–H and O–H groups in total. The standard InChI is InChI=1S/C17H25NO3/c1-2-3-12-21-16(20)18-11-7-10-17(13-18,14-19)15-8-5-4-6-9-15/h4-6,8-9,19H,2-3,7,10-14H2,1H3. The van der Waals surface area contributed by atoms with Gasteiger partial charge in [0.1, 0.15) is 0 Å². The van der Waals surface area contributed by atoms with Crippen molar-refractivity contribution < 1.29 is 14.6 Å². The van der Waals surface area contributed by atoms with Crippen LogP contribution in [0.5, 0.6) is 0 Å². The van der Waals surface area contributed by atoms with E-state index < -0.39 is 0 Å². The normalized spacial score (nSPS) is 22.1. The van der Waals surface area contributed by atoms with Crippen LogP contribution in [0.25, 0.3) is 0 Å². The number of carbonyl (C=O) groups is 1. The molecule has 0 saturated carbocycles. The SMILES string of the molecule is CCCCOC(=O)N1CCCC(CO)(c2ccccc2)C1. The van der Waals surface area contributed by atoms with Gasteiger partial charge < -0.3 is 14.7 Å². The van der Waals surface area contributed by atoms with Gasteiger partial charge in [-0.15, -0.1) is 0 Å².